The zero-order valence-electron chi connectivity index (χ0n) is 11.7. The van der Waals surface area contributed by atoms with Gasteiger partial charge in [0, 0.05) is 13.1 Å². The number of hydrogen-bond acceptors (Lipinski definition) is 3. The van der Waals surface area contributed by atoms with Crippen LogP contribution in [-0.4, -0.2) is 50.4 Å². The molecule has 0 aromatic rings. The molecule has 0 heterocycles. The van der Waals surface area contributed by atoms with Crippen molar-refractivity contribution in [2.75, 3.05) is 33.7 Å². The topological polar surface area (TPSA) is 61.4 Å². The summed E-state index contributed by atoms with van der Waals surface area (Å²) >= 11 is 0. The molecule has 0 spiro atoms. The molecule has 1 aliphatic rings. The van der Waals surface area contributed by atoms with Crippen molar-refractivity contribution in [3.05, 3.63) is 0 Å². The third kappa shape index (κ3) is 5.04. The molecule has 5 nitrogen and oxygen atoms in total. The van der Waals surface area contributed by atoms with Gasteiger partial charge in [-0.2, -0.15) is 0 Å². The molecule has 0 aliphatic heterocycles. The Morgan fingerprint density at radius 3 is 2.17 bits per heavy atom. The number of hydrogen-bond donors (Lipinski definition) is 2. The molecule has 0 aromatic carbocycles. The van der Waals surface area contributed by atoms with Crippen molar-refractivity contribution in [3.63, 3.8) is 0 Å². The molecule has 1 fully saturated rings. The van der Waals surface area contributed by atoms with Crippen LogP contribution in [0, 0.1) is 11.8 Å². The number of rotatable bonds is 8. The third-order valence-electron chi connectivity index (χ3n) is 3.09. The first kappa shape index (κ1) is 15.0. The van der Waals surface area contributed by atoms with Crippen molar-refractivity contribution < 1.29 is 9.59 Å². The summed E-state index contributed by atoms with van der Waals surface area (Å²) in [5.74, 6) is -0.123. The second kappa shape index (κ2) is 7.36. The van der Waals surface area contributed by atoms with Gasteiger partial charge in [-0.3, -0.25) is 9.59 Å². The van der Waals surface area contributed by atoms with Gasteiger partial charge in [0.2, 0.25) is 11.8 Å². The highest BCUT2D eigenvalue weighted by Gasteiger charge is 2.47. The number of carbonyl (C=O) groups is 2. The molecule has 5 heteroatoms. The molecule has 0 saturated heterocycles. The Balaban J connectivity index is 2.12. The minimum atomic E-state index is -0.0961. The first-order valence-corrected chi connectivity index (χ1v) is 6.76. The summed E-state index contributed by atoms with van der Waals surface area (Å²) in [6.07, 6.45) is 2.58. The van der Waals surface area contributed by atoms with Crippen LogP contribution in [0.2, 0.25) is 0 Å². The van der Waals surface area contributed by atoms with Gasteiger partial charge in [0.15, 0.2) is 0 Å². The molecule has 1 rings (SSSR count). The maximum Gasteiger partial charge on any atom is 0.223 e. The van der Waals surface area contributed by atoms with Crippen LogP contribution in [0.15, 0.2) is 0 Å². The van der Waals surface area contributed by atoms with Crippen LogP contribution in [0.25, 0.3) is 0 Å². The normalized spacial score (nSPS) is 21.8. The molecular formula is C13H25N3O2. The van der Waals surface area contributed by atoms with E-state index in [9.17, 15) is 9.59 Å². The lowest BCUT2D eigenvalue weighted by Gasteiger charge is -2.09. The zero-order valence-corrected chi connectivity index (χ0v) is 11.7. The lowest BCUT2D eigenvalue weighted by molar-refractivity contribution is -0.127. The van der Waals surface area contributed by atoms with E-state index in [2.05, 4.69) is 15.5 Å². The molecule has 0 aromatic heterocycles. The van der Waals surface area contributed by atoms with Crippen LogP contribution in [0.5, 0.6) is 0 Å². The van der Waals surface area contributed by atoms with Crippen LogP contribution in [0.4, 0.5) is 0 Å². The Labute approximate surface area is 109 Å². The predicted molar refractivity (Wildman–Crippen MR) is 71.1 cm³/mol. The molecule has 0 radical (unpaired) electrons. The number of carbonyl (C=O) groups excluding carboxylic acids is 2. The van der Waals surface area contributed by atoms with Gasteiger partial charge in [0.05, 0.1) is 11.8 Å². The lowest BCUT2D eigenvalue weighted by Crippen LogP contribution is -2.31. The Kier molecular flexibility index (Phi) is 6.12. The van der Waals surface area contributed by atoms with Crippen molar-refractivity contribution >= 4 is 11.8 Å². The van der Waals surface area contributed by atoms with Crippen molar-refractivity contribution in [2.45, 2.75) is 26.2 Å². The first-order valence-electron chi connectivity index (χ1n) is 6.76. The van der Waals surface area contributed by atoms with Gasteiger partial charge in [-0.1, -0.05) is 6.92 Å². The van der Waals surface area contributed by atoms with Crippen molar-refractivity contribution in [1.29, 1.82) is 0 Å². The molecule has 2 unspecified atom stereocenters. The molecule has 0 bridgehead atoms. The van der Waals surface area contributed by atoms with Crippen LogP contribution < -0.4 is 10.6 Å². The summed E-state index contributed by atoms with van der Waals surface area (Å²) < 4.78 is 0. The highest BCUT2D eigenvalue weighted by Crippen LogP contribution is 2.38. The molecule has 18 heavy (non-hydrogen) atoms. The highest BCUT2D eigenvalue weighted by atomic mass is 16.2. The Morgan fingerprint density at radius 1 is 1.11 bits per heavy atom. The summed E-state index contributed by atoms with van der Waals surface area (Å²) in [6, 6.07) is 0. The second-order valence-electron chi connectivity index (χ2n) is 5.19. The third-order valence-corrected chi connectivity index (χ3v) is 3.09. The van der Waals surface area contributed by atoms with Crippen LogP contribution in [-0.2, 0) is 9.59 Å². The summed E-state index contributed by atoms with van der Waals surface area (Å²) in [6.45, 7) is 4.37. The maximum absolute atomic E-state index is 11.7. The van der Waals surface area contributed by atoms with Crippen molar-refractivity contribution in [1.82, 2.24) is 15.5 Å². The lowest BCUT2D eigenvalue weighted by atomic mass is 10.2. The molecular weight excluding hydrogens is 230 g/mol. The standard InChI is InChI=1S/C13H25N3O2/c1-4-6-14-12(17)10-9-11(10)13(18)15-7-5-8-16(2)3/h10-11H,4-9H2,1-3H3,(H,14,17)(H,15,18). The van der Waals surface area contributed by atoms with E-state index in [1.165, 1.54) is 0 Å². The molecule has 1 saturated carbocycles. The van der Waals surface area contributed by atoms with Gasteiger partial charge < -0.3 is 15.5 Å². The van der Waals surface area contributed by atoms with E-state index < -0.39 is 0 Å². The summed E-state index contributed by atoms with van der Waals surface area (Å²) in [4.78, 5) is 25.4. The molecule has 2 N–H and O–H groups in total. The van der Waals surface area contributed by atoms with E-state index in [1.54, 1.807) is 0 Å². The van der Waals surface area contributed by atoms with Gasteiger partial charge in [-0.05, 0) is 39.9 Å². The van der Waals surface area contributed by atoms with Crippen LogP contribution >= 0.6 is 0 Å². The monoisotopic (exact) mass is 255 g/mol. The fourth-order valence-electron chi connectivity index (χ4n) is 1.89. The SMILES string of the molecule is CCCNC(=O)C1CC1C(=O)NCCCN(C)C. The van der Waals surface area contributed by atoms with Crippen molar-refractivity contribution in [2.24, 2.45) is 11.8 Å². The minimum absolute atomic E-state index is 0.0327. The quantitative estimate of drug-likeness (QED) is 0.610. The summed E-state index contributed by atoms with van der Waals surface area (Å²) in [5, 5.41) is 5.73. The summed E-state index contributed by atoms with van der Waals surface area (Å²) in [7, 11) is 4.02. The van der Waals surface area contributed by atoms with Gasteiger partial charge in [0.25, 0.3) is 0 Å². The minimum Gasteiger partial charge on any atom is -0.356 e. The van der Waals surface area contributed by atoms with E-state index in [1.807, 2.05) is 21.0 Å². The second-order valence-corrected chi connectivity index (χ2v) is 5.19. The molecule has 2 amide bonds. The smallest absolute Gasteiger partial charge is 0.223 e. The fraction of sp³-hybridized carbons (Fsp3) is 0.846. The Bertz CT molecular complexity index is 292. The van der Waals surface area contributed by atoms with Gasteiger partial charge in [-0.15, -0.1) is 0 Å². The van der Waals surface area contributed by atoms with E-state index in [0.717, 1.165) is 19.4 Å². The average Bonchev–Trinajstić information content (AvgIpc) is 3.11. The Hall–Kier alpha value is -1.10. The van der Waals surface area contributed by atoms with E-state index in [4.69, 9.17) is 0 Å². The Morgan fingerprint density at radius 2 is 1.67 bits per heavy atom. The first-order chi connectivity index (χ1) is 8.56. The molecule has 104 valence electrons. The highest BCUT2D eigenvalue weighted by molar-refractivity contribution is 5.92. The van der Waals surface area contributed by atoms with Gasteiger partial charge in [0.1, 0.15) is 0 Å². The van der Waals surface area contributed by atoms with Crippen LogP contribution in [0.1, 0.15) is 26.2 Å². The zero-order chi connectivity index (χ0) is 13.5. The van der Waals surface area contributed by atoms with E-state index in [-0.39, 0.29) is 23.7 Å². The largest absolute Gasteiger partial charge is 0.356 e. The summed E-state index contributed by atoms with van der Waals surface area (Å²) in [5.41, 5.74) is 0. The average molecular weight is 255 g/mol. The van der Waals surface area contributed by atoms with Gasteiger partial charge in [-0.25, -0.2) is 0 Å². The number of amides is 2. The predicted octanol–water partition coefficient (Wildman–Crippen LogP) is 0.217. The molecule has 1 aliphatic carbocycles. The van der Waals surface area contributed by atoms with E-state index in [0.29, 0.717) is 19.5 Å². The van der Waals surface area contributed by atoms with Crippen molar-refractivity contribution in [3.8, 4) is 0 Å². The molecule has 2 atom stereocenters. The number of nitrogens with one attached hydrogen (secondary N) is 2. The van der Waals surface area contributed by atoms with Crippen LogP contribution in [0.3, 0.4) is 0 Å². The van der Waals surface area contributed by atoms with Gasteiger partial charge >= 0.3 is 0 Å². The maximum atomic E-state index is 11.7. The fourth-order valence-corrected chi connectivity index (χ4v) is 1.89. The number of nitrogens with zero attached hydrogens (tertiary/aromatic N) is 1. The van der Waals surface area contributed by atoms with E-state index >= 15 is 0 Å².